The van der Waals surface area contributed by atoms with Gasteiger partial charge in [-0.3, -0.25) is 14.5 Å². The molecular formula is C20H25NO3SSi. The molecule has 0 aromatic heterocycles. The molecule has 1 atom stereocenters. The molecule has 6 heteroatoms. The van der Waals surface area contributed by atoms with Gasteiger partial charge in [-0.25, -0.2) is 0 Å². The molecule has 1 saturated heterocycles. The van der Waals surface area contributed by atoms with E-state index in [1.165, 1.54) is 4.90 Å². The first-order valence-electron chi connectivity index (χ1n) is 8.82. The average molecular weight is 388 g/mol. The lowest BCUT2D eigenvalue weighted by atomic mass is 9.80. The Morgan fingerprint density at radius 2 is 1.81 bits per heavy atom. The number of hydrogen-bond donors (Lipinski definition) is 0. The Labute approximate surface area is 160 Å². The highest BCUT2D eigenvalue weighted by molar-refractivity contribution is 8.15. The maximum absolute atomic E-state index is 12.8. The van der Waals surface area contributed by atoms with Crippen LogP contribution in [0.4, 0.5) is 4.79 Å². The zero-order valence-electron chi connectivity index (χ0n) is 16.1. The highest BCUT2D eigenvalue weighted by Crippen LogP contribution is 2.49. The number of nitrogens with zero attached hydrogens (tertiary/aromatic N) is 1. The summed E-state index contributed by atoms with van der Waals surface area (Å²) in [7, 11) is 0.128. The van der Waals surface area contributed by atoms with E-state index in [0.717, 1.165) is 39.4 Å². The van der Waals surface area contributed by atoms with Gasteiger partial charge in [-0.2, -0.15) is 0 Å². The predicted octanol–water partition coefficient (Wildman–Crippen LogP) is 4.87. The Kier molecular flexibility index (Phi) is 4.92. The summed E-state index contributed by atoms with van der Waals surface area (Å²) in [4.78, 5) is 26.2. The van der Waals surface area contributed by atoms with Crippen molar-refractivity contribution >= 4 is 42.7 Å². The highest BCUT2D eigenvalue weighted by Gasteiger charge is 2.42. The van der Waals surface area contributed by atoms with Crippen molar-refractivity contribution in [1.29, 1.82) is 0 Å². The molecule has 1 aliphatic rings. The van der Waals surface area contributed by atoms with Crippen molar-refractivity contribution in [1.82, 2.24) is 4.90 Å². The molecule has 1 heterocycles. The van der Waals surface area contributed by atoms with Gasteiger partial charge < -0.3 is 4.43 Å². The second-order valence-corrected chi connectivity index (χ2v) is 11.4. The molecule has 0 aliphatic carbocycles. The third-order valence-corrected chi connectivity index (χ3v) is 6.37. The molecule has 2 aromatic rings. The van der Waals surface area contributed by atoms with E-state index in [2.05, 4.69) is 46.0 Å². The van der Waals surface area contributed by atoms with Crippen LogP contribution in [0.1, 0.15) is 37.1 Å². The maximum Gasteiger partial charge on any atom is 0.289 e. The maximum atomic E-state index is 12.8. The summed E-state index contributed by atoms with van der Waals surface area (Å²) in [5.74, 6) is 0.611. The molecule has 0 N–H and O–H groups in total. The monoisotopic (exact) mass is 387 g/mol. The van der Waals surface area contributed by atoms with Crippen molar-refractivity contribution in [3.63, 3.8) is 0 Å². The minimum atomic E-state index is -1.42. The highest BCUT2D eigenvalue weighted by atomic mass is 32.2. The van der Waals surface area contributed by atoms with E-state index in [0.29, 0.717) is 0 Å². The molecule has 4 nitrogen and oxygen atoms in total. The summed E-state index contributed by atoms with van der Waals surface area (Å²) in [5.41, 5.74) is 1.75. The molecule has 1 fully saturated rings. The molecule has 2 aromatic carbocycles. The molecule has 0 bridgehead atoms. The molecule has 2 amide bonds. The van der Waals surface area contributed by atoms with Crippen molar-refractivity contribution < 1.29 is 14.0 Å². The Balaban J connectivity index is 2.37. The van der Waals surface area contributed by atoms with Gasteiger partial charge in [-0.05, 0) is 41.2 Å². The molecule has 1 aliphatic heterocycles. The largest absolute Gasteiger partial charge is 0.546 e. The lowest BCUT2D eigenvalue weighted by molar-refractivity contribution is -0.125. The van der Waals surface area contributed by atoms with Gasteiger partial charge >= 0.3 is 0 Å². The molecule has 138 valence electrons. The van der Waals surface area contributed by atoms with Gasteiger partial charge in [0.2, 0.25) is 14.9 Å². The smallest absolute Gasteiger partial charge is 0.289 e. The van der Waals surface area contributed by atoms with Gasteiger partial charge in [0.1, 0.15) is 11.0 Å². The number of benzene rings is 2. The number of carbonyl (C=O) groups excluding carboxylic acids is 2. The summed E-state index contributed by atoms with van der Waals surface area (Å²) < 4.78 is 6.37. The van der Waals surface area contributed by atoms with Gasteiger partial charge in [0, 0.05) is 18.0 Å². The number of likely N-dealkylation sites (N-methyl/N-ethyl adjacent to an activating group) is 1. The second kappa shape index (κ2) is 6.74. The number of hydrogen-bond acceptors (Lipinski definition) is 4. The number of thioether (sulfide) groups is 1. The van der Waals surface area contributed by atoms with Gasteiger partial charge in [-0.15, -0.1) is 0 Å². The Morgan fingerprint density at radius 1 is 1.15 bits per heavy atom. The molecular weight excluding hydrogens is 362 g/mol. The molecule has 0 saturated carbocycles. The standard InChI is InChI=1S/C20H25NO3SSi/c1-20(2,3)14-11-12-9-7-8-10-13(12)16(24-26(5)6)15(14)17-18(22)21(4)19(23)25-17/h7-11,17,26H,1-6H3. The van der Waals surface area contributed by atoms with Crippen LogP contribution in [0.3, 0.4) is 0 Å². The summed E-state index contributed by atoms with van der Waals surface area (Å²) in [5, 5.41) is 1.35. The quantitative estimate of drug-likeness (QED) is 0.705. The fourth-order valence-electron chi connectivity index (χ4n) is 3.25. The van der Waals surface area contributed by atoms with Gasteiger partial charge in [0.25, 0.3) is 5.24 Å². The number of fused-ring (bicyclic) bond motifs is 1. The fraction of sp³-hybridized carbons (Fsp3) is 0.400. The van der Waals surface area contributed by atoms with E-state index in [9.17, 15) is 9.59 Å². The van der Waals surface area contributed by atoms with Crippen LogP contribution in [0.25, 0.3) is 10.8 Å². The number of amides is 2. The molecule has 1 unspecified atom stereocenters. The average Bonchev–Trinajstić information content (AvgIpc) is 2.80. The summed E-state index contributed by atoms with van der Waals surface area (Å²) in [6, 6.07) is 10.3. The number of imide groups is 1. The zero-order valence-corrected chi connectivity index (χ0v) is 18.1. The van der Waals surface area contributed by atoms with E-state index in [-0.39, 0.29) is 16.6 Å². The Hall–Kier alpha value is -1.79. The Bertz CT molecular complexity index is 888. The lowest BCUT2D eigenvalue weighted by Gasteiger charge is -2.29. The van der Waals surface area contributed by atoms with Gasteiger partial charge in [-0.1, -0.05) is 51.1 Å². The summed E-state index contributed by atoms with van der Waals surface area (Å²) >= 11 is 1.09. The number of carbonyl (C=O) groups is 2. The second-order valence-electron chi connectivity index (χ2n) is 7.97. The van der Waals surface area contributed by atoms with Crippen molar-refractivity contribution in [2.75, 3.05) is 7.05 Å². The Morgan fingerprint density at radius 3 is 2.35 bits per heavy atom. The first-order chi connectivity index (χ1) is 12.1. The third-order valence-electron chi connectivity index (χ3n) is 4.51. The summed E-state index contributed by atoms with van der Waals surface area (Å²) in [6.07, 6.45) is 0. The van der Waals surface area contributed by atoms with Crippen molar-refractivity contribution in [2.45, 2.75) is 44.5 Å². The molecule has 26 heavy (non-hydrogen) atoms. The van der Waals surface area contributed by atoms with E-state index >= 15 is 0 Å². The predicted molar refractivity (Wildman–Crippen MR) is 111 cm³/mol. The van der Waals surface area contributed by atoms with E-state index in [4.69, 9.17) is 4.43 Å². The van der Waals surface area contributed by atoms with Crippen LogP contribution in [0.2, 0.25) is 13.1 Å². The first kappa shape index (κ1) is 19.0. The zero-order chi connectivity index (χ0) is 19.2. The molecule has 0 radical (unpaired) electrons. The lowest BCUT2D eigenvalue weighted by Crippen LogP contribution is -2.26. The molecule has 3 rings (SSSR count). The van der Waals surface area contributed by atoms with E-state index in [1.807, 2.05) is 18.2 Å². The van der Waals surface area contributed by atoms with Crippen LogP contribution in [0, 0.1) is 0 Å². The van der Waals surface area contributed by atoms with Gasteiger partial charge in [0.05, 0.1) is 0 Å². The van der Waals surface area contributed by atoms with Crippen LogP contribution in [-0.2, 0) is 10.2 Å². The van der Waals surface area contributed by atoms with E-state index < -0.39 is 14.3 Å². The van der Waals surface area contributed by atoms with Crippen LogP contribution in [0.15, 0.2) is 30.3 Å². The van der Waals surface area contributed by atoms with Gasteiger partial charge in [0.15, 0.2) is 0 Å². The first-order valence-corrected chi connectivity index (χ1v) is 12.5. The minimum absolute atomic E-state index is 0.170. The SMILES string of the molecule is CN1C(=O)SC(c2c(C(C)(C)C)cc3ccccc3c2O[SiH](C)C)C1=O. The normalized spacial score (nSPS) is 18.3. The third kappa shape index (κ3) is 3.28. The van der Waals surface area contributed by atoms with Crippen LogP contribution in [0.5, 0.6) is 5.75 Å². The van der Waals surface area contributed by atoms with E-state index in [1.54, 1.807) is 7.05 Å². The summed E-state index contributed by atoms with van der Waals surface area (Å²) in [6.45, 7) is 10.6. The number of rotatable bonds is 3. The van der Waals surface area contributed by atoms with Crippen LogP contribution >= 0.6 is 11.8 Å². The van der Waals surface area contributed by atoms with Crippen molar-refractivity contribution in [3.05, 3.63) is 41.5 Å². The van der Waals surface area contributed by atoms with Crippen LogP contribution in [-0.4, -0.2) is 32.1 Å². The van der Waals surface area contributed by atoms with Crippen molar-refractivity contribution in [2.24, 2.45) is 0 Å². The van der Waals surface area contributed by atoms with Crippen LogP contribution < -0.4 is 4.43 Å². The molecule has 0 spiro atoms. The van der Waals surface area contributed by atoms with Crippen molar-refractivity contribution in [3.8, 4) is 5.75 Å². The minimum Gasteiger partial charge on any atom is -0.546 e. The topological polar surface area (TPSA) is 46.6 Å². The fourth-order valence-corrected chi connectivity index (χ4v) is 5.04.